The van der Waals surface area contributed by atoms with E-state index < -0.39 is 0 Å². The van der Waals surface area contributed by atoms with E-state index in [1.165, 1.54) is 0 Å². The summed E-state index contributed by atoms with van der Waals surface area (Å²) in [5.74, 6) is 0.706. The molecular weight excluding hydrogens is 283 g/mol. The molecule has 100 valence electrons. The number of benzene rings is 1. The molecule has 0 saturated carbocycles. The number of ether oxygens (including phenoxy) is 1. The minimum absolute atomic E-state index is 0.107. The van der Waals surface area contributed by atoms with Gasteiger partial charge in [0.2, 0.25) is 0 Å². The molecule has 0 saturated heterocycles. The van der Waals surface area contributed by atoms with Crippen LogP contribution in [0.3, 0.4) is 0 Å². The van der Waals surface area contributed by atoms with E-state index in [1.54, 1.807) is 31.6 Å². The van der Waals surface area contributed by atoms with Crippen molar-refractivity contribution in [1.82, 2.24) is 10.3 Å². The van der Waals surface area contributed by atoms with Gasteiger partial charge in [-0.2, -0.15) is 0 Å². The second-order valence-electron chi connectivity index (χ2n) is 4.01. The first kappa shape index (κ1) is 14.1. The number of hydrogen-bond acceptors (Lipinski definition) is 3. The Balaban J connectivity index is 2.53. The second-order valence-corrected chi connectivity index (χ2v) is 4.85. The maximum absolute atomic E-state index is 6.26. The number of hydrogen-bond donors (Lipinski definition) is 1. The monoisotopic (exact) mass is 296 g/mol. The van der Waals surface area contributed by atoms with Crippen molar-refractivity contribution < 1.29 is 4.74 Å². The van der Waals surface area contributed by atoms with Crippen LogP contribution in [0.25, 0.3) is 0 Å². The first-order valence-electron chi connectivity index (χ1n) is 5.77. The van der Waals surface area contributed by atoms with E-state index in [4.69, 9.17) is 27.9 Å². The quantitative estimate of drug-likeness (QED) is 0.934. The molecule has 1 unspecified atom stereocenters. The van der Waals surface area contributed by atoms with Crippen molar-refractivity contribution in [2.45, 2.75) is 6.04 Å². The van der Waals surface area contributed by atoms with Crippen molar-refractivity contribution in [3.8, 4) is 5.75 Å². The first-order chi connectivity index (χ1) is 9.17. The summed E-state index contributed by atoms with van der Waals surface area (Å²) >= 11 is 12.3. The van der Waals surface area contributed by atoms with Gasteiger partial charge in [-0.3, -0.25) is 4.98 Å². The Morgan fingerprint density at radius 2 is 2.00 bits per heavy atom. The lowest BCUT2D eigenvalue weighted by Crippen LogP contribution is -2.19. The molecule has 0 amide bonds. The number of nitrogens with one attached hydrogen (secondary N) is 1. The van der Waals surface area contributed by atoms with E-state index in [-0.39, 0.29) is 6.04 Å². The molecule has 5 heteroatoms. The van der Waals surface area contributed by atoms with Crippen molar-refractivity contribution in [3.63, 3.8) is 0 Å². The van der Waals surface area contributed by atoms with Crippen LogP contribution in [0.1, 0.15) is 17.2 Å². The number of halogens is 2. The average Bonchev–Trinajstić information content (AvgIpc) is 2.44. The van der Waals surface area contributed by atoms with Gasteiger partial charge in [-0.25, -0.2) is 0 Å². The largest absolute Gasteiger partial charge is 0.495 e. The normalized spacial score (nSPS) is 12.2. The Bertz CT molecular complexity index is 575. The highest BCUT2D eigenvalue weighted by molar-refractivity contribution is 6.33. The zero-order chi connectivity index (χ0) is 13.8. The molecule has 19 heavy (non-hydrogen) atoms. The van der Waals surface area contributed by atoms with Gasteiger partial charge < -0.3 is 10.1 Å². The summed E-state index contributed by atoms with van der Waals surface area (Å²) in [5, 5.41) is 4.53. The van der Waals surface area contributed by atoms with Crippen LogP contribution in [0, 0.1) is 0 Å². The van der Waals surface area contributed by atoms with E-state index in [1.807, 2.05) is 19.2 Å². The number of nitrogens with zero attached hydrogens (tertiary/aromatic N) is 1. The third-order valence-electron chi connectivity index (χ3n) is 2.91. The molecule has 0 aliphatic heterocycles. The molecule has 1 atom stereocenters. The smallest absolute Gasteiger partial charge is 0.142 e. The van der Waals surface area contributed by atoms with Gasteiger partial charge in [0.1, 0.15) is 5.75 Å². The molecule has 1 aromatic carbocycles. The van der Waals surface area contributed by atoms with Crippen LogP contribution in [0.2, 0.25) is 10.0 Å². The Morgan fingerprint density at radius 3 is 2.68 bits per heavy atom. The minimum Gasteiger partial charge on any atom is -0.495 e. The third kappa shape index (κ3) is 3.00. The topological polar surface area (TPSA) is 34.2 Å². The maximum atomic E-state index is 6.26. The van der Waals surface area contributed by atoms with Crippen LogP contribution in [0.4, 0.5) is 0 Å². The summed E-state index contributed by atoms with van der Waals surface area (Å²) in [7, 11) is 3.48. The van der Waals surface area contributed by atoms with Crippen molar-refractivity contribution >= 4 is 23.2 Å². The van der Waals surface area contributed by atoms with E-state index in [0.29, 0.717) is 15.8 Å². The molecule has 0 radical (unpaired) electrons. The zero-order valence-corrected chi connectivity index (χ0v) is 12.2. The van der Waals surface area contributed by atoms with Gasteiger partial charge in [-0.1, -0.05) is 23.2 Å². The van der Waals surface area contributed by atoms with Crippen molar-refractivity contribution in [1.29, 1.82) is 0 Å². The highest BCUT2D eigenvalue weighted by Crippen LogP contribution is 2.34. The Labute approximate surface area is 122 Å². The highest BCUT2D eigenvalue weighted by atomic mass is 35.5. The Kier molecular flexibility index (Phi) is 4.64. The van der Waals surface area contributed by atoms with Gasteiger partial charge in [-0.05, 0) is 36.9 Å². The predicted octanol–water partition coefficient (Wildman–Crippen LogP) is 3.71. The first-order valence-corrected chi connectivity index (χ1v) is 6.53. The van der Waals surface area contributed by atoms with Crippen LogP contribution >= 0.6 is 23.2 Å². The molecule has 0 bridgehead atoms. The van der Waals surface area contributed by atoms with Gasteiger partial charge in [0, 0.05) is 21.8 Å². The number of aromatic nitrogens is 1. The van der Waals surface area contributed by atoms with Gasteiger partial charge in [-0.15, -0.1) is 0 Å². The molecule has 1 aromatic heterocycles. The molecular formula is C14H14Cl2N2O. The maximum Gasteiger partial charge on any atom is 0.142 e. The molecule has 1 heterocycles. The molecule has 2 aromatic rings. The standard InChI is InChI=1S/C14H14Cl2N2O/c1-17-14(10-5-6-18-8-13(10)19-2)11-7-9(15)3-4-12(11)16/h3-8,14,17H,1-2H3. The van der Waals surface area contributed by atoms with Crippen LogP contribution in [-0.4, -0.2) is 19.1 Å². The summed E-state index contributed by atoms with van der Waals surface area (Å²) in [6.07, 6.45) is 3.40. The van der Waals surface area contributed by atoms with Crippen molar-refractivity contribution in [3.05, 3.63) is 57.8 Å². The van der Waals surface area contributed by atoms with Gasteiger partial charge in [0.25, 0.3) is 0 Å². The molecule has 0 spiro atoms. The van der Waals surface area contributed by atoms with E-state index >= 15 is 0 Å². The lowest BCUT2D eigenvalue weighted by atomic mass is 9.99. The summed E-state index contributed by atoms with van der Waals surface area (Å²) in [5.41, 5.74) is 1.87. The number of rotatable bonds is 4. The fourth-order valence-electron chi connectivity index (χ4n) is 2.01. The fraction of sp³-hybridized carbons (Fsp3) is 0.214. The molecule has 2 rings (SSSR count). The summed E-state index contributed by atoms with van der Waals surface area (Å²) in [6.45, 7) is 0. The Morgan fingerprint density at radius 1 is 1.21 bits per heavy atom. The minimum atomic E-state index is -0.107. The van der Waals surface area contributed by atoms with Crippen LogP contribution in [0.15, 0.2) is 36.7 Å². The second kappa shape index (κ2) is 6.24. The number of methoxy groups -OCH3 is 1. The van der Waals surface area contributed by atoms with E-state index in [2.05, 4.69) is 10.3 Å². The predicted molar refractivity (Wildman–Crippen MR) is 78.2 cm³/mol. The SMILES string of the molecule is CNC(c1cc(Cl)ccc1Cl)c1ccncc1OC. The summed E-state index contributed by atoms with van der Waals surface area (Å²) in [6, 6.07) is 7.20. The van der Waals surface area contributed by atoms with Crippen molar-refractivity contribution in [2.24, 2.45) is 0 Å². The van der Waals surface area contributed by atoms with Crippen LogP contribution < -0.4 is 10.1 Å². The highest BCUT2D eigenvalue weighted by Gasteiger charge is 2.19. The van der Waals surface area contributed by atoms with Gasteiger partial charge in [0.05, 0.1) is 19.3 Å². The lowest BCUT2D eigenvalue weighted by molar-refractivity contribution is 0.403. The summed E-state index contributed by atoms with van der Waals surface area (Å²) in [4.78, 5) is 4.05. The van der Waals surface area contributed by atoms with Gasteiger partial charge in [0.15, 0.2) is 0 Å². The van der Waals surface area contributed by atoms with Crippen LogP contribution in [0.5, 0.6) is 5.75 Å². The van der Waals surface area contributed by atoms with Crippen molar-refractivity contribution in [2.75, 3.05) is 14.2 Å². The molecule has 3 nitrogen and oxygen atoms in total. The fourth-order valence-corrected chi connectivity index (χ4v) is 2.42. The Hall–Kier alpha value is -1.29. The lowest BCUT2D eigenvalue weighted by Gasteiger charge is -2.20. The van der Waals surface area contributed by atoms with E-state index in [0.717, 1.165) is 11.1 Å². The summed E-state index contributed by atoms with van der Waals surface area (Å²) < 4.78 is 5.34. The average molecular weight is 297 g/mol. The van der Waals surface area contributed by atoms with E-state index in [9.17, 15) is 0 Å². The number of pyridine rings is 1. The molecule has 0 aliphatic carbocycles. The zero-order valence-electron chi connectivity index (χ0n) is 10.7. The molecule has 1 N–H and O–H groups in total. The molecule has 0 fully saturated rings. The van der Waals surface area contributed by atoms with Crippen LogP contribution in [-0.2, 0) is 0 Å². The third-order valence-corrected chi connectivity index (χ3v) is 3.48. The molecule has 0 aliphatic rings. The van der Waals surface area contributed by atoms with Gasteiger partial charge >= 0.3 is 0 Å².